The normalized spacial score (nSPS) is 22.7. The monoisotopic (exact) mass is 278 g/mol. The van der Waals surface area contributed by atoms with Gasteiger partial charge >= 0.3 is 0 Å². The standard InChI is InChI=1S/C15H22N2O3/c1-17-10-12(9-13(17)11-18)16-15(19)7-8-20-14-5-3-2-4-6-14/h2-6,12-13,18H,7-11H2,1H3,(H,16,19)/t12-,13+/m1/s1. The first-order chi connectivity index (χ1) is 9.69. The van der Waals surface area contributed by atoms with Gasteiger partial charge in [0, 0.05) is 18.6 Å². The molecule has 2 atom stereocenters. The fraction of sp³-hybridized carbons (Fsp3) is 0.533. The number of hydrogen-bond acceptors (Lipinski definition) is 4. The van der Waals surface area contributed by atoms with Crippen LogP contribution in [0.25, 0.3) is 0 Å². The smallest absolute Gasteiger partial charge is 0.223 e. The Bertz CT molecular complexity index is 424. The van der Waals surface area contributed by atoms with Crippen LogP contribution in [0.1, 0.15) is 12.8 Å². The molecule has 110 valence electrons. The second kappa shape index (κ2) is 7.26. The molecule has 1 saturated heterocycles. The van der Waals surface area contributed by atoms with E-state index >= 15 is 0 Å². The number of nitrogens with zero attached hydrogens (tertiary/aromatic N) is 1. The van der Waals surface area contributed by atoms with Gasteiger partial charge in [0.25, 0.3) is 0 Å². The molecule has 1 heterocycles. The number of ether oxygens (including phenoxy) is 1. The highest BCUT2D eigenvalue weighted by Crippen LogP contribution is 2.15. The molecule has 1 amide bonds. The van der Waals surface area contributed by atoms with Crippen molar-refractivity contribution >= 4 is 5.91 Å². The molecule has 0 spiro atoms. The van der Waals surface area contributed by atoms with Crippen LogP contribution in [-0.2, 0) is 4.79 Å². The molecule has 1 aromatic carbocycles. The zero-order valence-corrected chi connectivity index (χ0v) is 11.8. The Hall–Kier alpha value is -1.59. The highest BCUT2D eigenvalue weighted by atomic mass is 16.5. The van der Waals surface area contributed by atoms with Gasteiger partial charge in [-0.05, 0) is 25.6 Å². The third kappa shape index (κ3) is 4.21. The van der Waals surface area contributed by atoms with E-state index in [1.165, 1.54) is 0 Å². The van der Waals surface area contributed by atoms with E-state index in [0.29, 0.717) is 13.0 Å². The van der Waals surface area contributed by atoms with Crippen molar-refractivity contribution in [2.75, 3.05) is 26.8 Å². The van der Waals surface area contributed by atoms with Crippen molar-refractivity contribution in [1.29, 1.82) is 0 Å². The molecule has 1 aliphatic heterocycles. The Morgan fingerprint density at radius 3 is 2.85 bits per heavy atom. The SMILES string of the molecule is CN1C[C@H](NC(=O)CCOc2ccccc2)C[C@H]1CO. The van der Waals surface area contributed by atoms with Crippen molar-refractivity contribution in [2.24, 2.45) is 0 Å². The molecule has 1 aliphatic rings. The number of para-hydroxylation sites is 1. The second-order valence-electron chi connectivity index (χ2n) is 5.19. The van der Waals surface area contributed by atoms with Gasteiger partial charge in [-0.1, -0.05) is 18.2 Å². The number of benzene rings is 1. The zero-order chi connectivity index (χ0) is 14.4. The van der Waals surface area contributed by atoms with Crippen LogP contribution < -0.4 is 10.1 Å². The lowest BCUT2D eigenvalue weighted by Gasteiger charge is -2.15. The number of rotatable bonds is 6. The summed E-state index contributed by atoms with van der Waals surface area (Å²) in [7, 11) is 1.96. The van der Waals surface area contributed by atoms with E-state index in [1.807, 2.05) is 37.4 Å². The van der Waals surface area contributed by atoms with Gasteiger partial charge in [0.1, 0.15) is 5.75 Å². The van der Waals surface area contributed by atoms with E-state index < -0.39 is 0 Å². The molecule has 0 bridgehead atoms. The molecule has 0 aliphatic carbocycles. The van der Waals surface area contributed by atoms with Gasteiger partial charge in [0.15, 0.2) is 0 Å². The number of carbonyl (C=O) groups is 1. The molecule has 0 saturated carbocycles. The van der Waals surface area contributed by atoms with Gasteiger partial charge in [-0.15, -0.1) is 0 Å². The molecule has 1 aromatic rings. The number of hydrogen-bond donors (Lipinski definition) is 2. The Kier molecular flexibility index (Phi) is 5.38. The summed E-state index contributed by atoms with van der Waals surface area (Å²) in [6.07, 6.45) is 1.15. The van der Waals surface area contributed by atoms with Gasteiger partial charge in [-0.2, -0.15) is 0 Å². The maximum absolute atomic E-state index is 11.8. The summed E-state index contributed by atoms with van der Waals surface area (Å²) in [5.74, 6) is 0.777. The van der Waals surface area contributed by atoms with Crippen LogP contribution >= 0.6 is 0 Å². The van der Waals surface area contributed by atoms with E-state index in [-0.39, 0.29) is 24.6 Å². The first kappa shape index (κ1) is 14.8. The van der Waals surface area contributed by atoms with Crippen molar-refractivity contribution in [3.63, 3.8) is 0 Å². The van der Waals surface area contributed by atoms with Crippen molar-refractivity contribution in [2.45, 2.75) is 24.9 Å². The Morgan fingerprint density at radius 1 is 1.45 bits per heavy atom. The molecule has 0 unspecified atom stereocenters. The molecule has 0 aromatic heterocycles. The largest absolute Gasteiger partial charge is 0.493 e. The third-order valence-electron chi connectivity index (χ3n) is 3.61. The molecule has 5 heteroatoms. The van der Waals surface area contributed by atoms with E-state index in [9.17, 15) is 9.90 Å². The van der Waals surface area contributed by atoms with E-state index in [4.69, 9.17) is 4.74 Å². The minimum absolute atomic E-state index is 0.00193. The van der Waals surface area contributed by atoms with Crippen molar-refractivity contribution in [3.05, 3.63) is 30.3 Å². The Balaban J connectivity index is 1.66. The molecule has 0 radical (unpaired) electrons. The van der Waals surface area contributed by atoms with Crippen molar-refractivity contribution in [1.82, 2.24) is 10.2 Å². The average molecular weight is 278 g/mol. The molecular formula is C15H22N2O3. The number of aliphatic hydroxyl groups excluding tert-OH is 1. The molecular weight excluding hydrogens is 256 g/mol. The predicted molar refractivity (Wildman–Crippen MR) is 76.6 cm³/mol. The average Bonchev–Trinajstić information content (AvgIpc) is 2.80. The number of carbonyl (C=O) groups excluding carboxylic acids is 1. The van der Waals surface area contributed by atoms with Gasteiger partial charge in [-0.3, -0.25) is 9.69 Å². The van der Waals surface area contributed by atoms with Crippen LogP contribution in [0, 0.1) is 0 Å². The zero-order valence-electron chi connectivity index (χ0n) is 11.8. The van der Waals surface area contributed by atoms with Crippen LogP contribution in [0.4, 0.5) is 0 Å². The summed E-state index contributed by atoms with van der Waals surface area (Å²) in [5.41, 5.74) is 0. The summed E-state index contributed by atoms with van der Waals surface area (Å²) < 4.78 is 5.49. The van der Waals surface area contributed by atoms with Crippen molar-refractivity contribution < 1.29 is 14.6 Å². The highest BCUT2D eigenvalue weighted by Gasteiger charge is 2.29. The summed E-state index contributed by atoms with van der Waals surface area (Å²) in [6, 6.07) is 9.75. The minimum Gasteiger partial charge on any atom is -0.493 e. The van der Waals surface area contributed by atoms with E-state index in [1.54, 1.807) is 0 Å². The number of likely N-dealkylation sites (tertiary alicyclic amines) is 1. The molecule has 2 rings (SSSR count). The predicted octanol–water partition coefficient (Wildman–Crippen LogP) is 0.637. The third-order valence-corrected chi connectivity index (χ3v) is 3.61. The first-order valence-electron chi connectivity index (χ1n) is 6.97. The van der Waals surface area contributed by atoms with Crippen LogP contribution in [0.15, 0.2) is 30.3 Å². The van der Waals surface area contributed by atoms with Gasteiger partial charge in [0.05, 0.1) is 19.6 Å². The summed E-state index contributed by atoms with van der Waals surface area (Å²) in [4.78, 5) is 13.9. The van der Waals surface area contributed by atoms with Crippen molar-refractivity contribution in [3.8, 4) is 5.75 Å². The lowest BCUT2D eigenvalue weighted by atomic mass is 10.2. The molecule has 20 heavy (non-hydrogen) atoms. The summed E-state index contributed by atoms with van der Waals surface area (Å²) >= 11 is 0. The minimum atomic E-state index is -0.00193. The summed E-state index contributed by atoms with van der Waals surface area (Å²) in [5, 5.41) is 12.2. The Morgan fingerprint density at radius 2 is 2.20 bits per heavy atom. The Labute approximate surface area is 119 Å². The van der Waals surface area contributed by atoms with Crippen LogP contribution in [0.2, 0.25) is 0 Å². The van der Waals surface area contributed by atoms with E-state index in [2.05, 4.69) is 10.2 Å². The lowest BCUT2D eigenvalue weighted by Crippen LogP contribution is -2.37. The maximum atomic E-state index is 11.8. The number of likely N-dealkylation sites (N-methyl/N-ethyl adjacent to an activating group) is 1. The van der Waals surface area contributed by atoms with E-state index in [0.717, 1.165) is 18.7 Å². The molecule has 2 N–H and O–H groups in total. The van der Waals surface area contributed by atoms with Crippen LogP contribution in [-0.4, -0.2) is 54.8 Å². The quantitative estimate of drug-likeness (QED) is 0.801. The maximum Gasteiger partial charge on any atom is 0.223 e. The fourth-order valence-electron chi connectivity index (χ4n) is 2.48. The highest BCUT2D eigenvalue weighted by molar-refractivity contribution is 5.76. The van der Waals surface area contributed by atoms with Crippen LogP contribution in [0.3, 0.4) is 0 Å². The van der Waals surface area contributed by atoms with Gasteiger partial charge < -0.3 is 15.2 Å². The first-order valence-corrected chi connectivity index (χ1v) is 6.97. The molecule has 1 fully saturated rings. The summed E-state index contributed by atoms with van der Waals surface area (Å²) in [6.45, 7) is 1.30. The second-order valence-corrected chi connectivity index (χ2v) is 5.19. The van der Waals surface area contributed by atoms with Gasteiger partial charge in [-0.25, -0.2) is 0 Å². The topological polar surface area (TPSA) is 61.8 Å². The lowest BCUT2D eigenvalue weighted by molar-refractivity contribution is -0.122. The number of aliphatic hydroxyl groups is 1. The number of amides is 1. The fourth-order valence-corrected chi connectivity index (χ4v) is 2.48. The molecule has 5 nitrogen and oxygen atoms in total. The number of nitrogens with one attached hydrogen (secondary N) is 1. The van der Waals surface area contributed by atoms with Gasteiger partial charge in [0.2, 0.25) is 5.91 Å². The van der Waals surface area contributed by atoms with Crippen LogP contribution in [0.5, 0.6) is 5.75 Å².